The van der Waals surface area contributed by atoms with E-state index in [9.17, 15) is 4.79 Å². The number of benzene rings is 1. The molecule has 1 aliphatic rings. The van der Waals surface area contributed by atoms with Crippen molar-refractivity contribution in [2.24, 2.45) is 0 Å². The minimum absolute atomic E-state index is 0.193. The summed E-state index contributed by atoms with van der Waals surface area (Å²) in [5.41, 5.74) is 0.874. The van der Waals surface area contributed by atoms with E-state index in [0.29, 0.717) is 6.54 Å². The van der Waals surface area contributed by atoms with Gasteiger partial charge in [-0.2, -0.15) is 0 Å². The summed E-state index contributed by atoms with van der Waals surface area (Å²) in [6, 6.07) is 10.6. The van der Waals surface area contributed by atoms with E-state index in [2.05, 4.69) is 29.6 Å². The standard InChI is InChI=1S/C17H26N2O2/c1-17(2,3)21-16(20)19-12-11-18-13-15(19)10-9-14-7-5-4-6-8-14/h4-8,15,18H,9-13H2,1-3H3/t15-/m0/s1. The molecule has 0 aromatic heterocycles. The van der Waals surface area contributed by atoms with Crippen molar-refractivity contribution in [2.45, 2.75) is 45.3 Å². The van der Waals surface area contributed by atoms with E-state index in [-0.39, 0.29) is 12.1 Å². The molecular weight excluding hydrogens is 264 g/mol. The Bertz CT molecular complexity index is 454. The van der Waals surface area contributed by atoms with E-state index >= 15 is 0 Å². The first-order valence-corrected chi connectivity index (χ1v) is 7.70. The Morgan fingerprint density at radius 1 is 1.33 bits per heavy atom. The van der Waals surface area contributed by atoms with E-state index in [1.165, 1.54) is 5.56 Å². The number of carbonyl (C=O) groups excluding carboxylic acids is 1. The monoisotopic (exact) mass is 290 g/mol. The minimum Gasteiger partial charge on any atom is -0.444 e. The number of hydrogen-bond donors (Lipinski definition) is 1. The number of piperazine rings is 1. The van der Waals surface area contributed by atoms with Gasteiger partial charge in [-0.1, -0.05) is 30.3 Å². The van der Waals surface area contributed by atoms with Crippen molar-refractivity contribution in [3.8, 4) is 0 Å². The van der Waals surface area contributed by atoms with Gasteiger partial charge in [-0.05, 0) is 39.2 Å². The van der Waals surface area contributed by atoms with Crippen LogP contribution in [0.15, 0.2) is 30.3 Å². The van der Waals surface area contributed by atoms with E-state index in [1.807, 2.05) is 31.7 Å². The molecule has 1 amide bonds. The van der Waals surface area contributed by atoms with Gasteiger partial charge in [-0.3, -0.25) is 0 Å². The molecule has 0 saturated carbocycles. The fourth-order valence-electron chi connectivity index (χ4n) is 2.56. The average Bonchev–Trinajstić information content (AvgIpc) is 2.45. The number of hydrogen-bond acceptors (Lipinski definition) is 3. The van der Waals surface area contributed by atoms with Gasteiger partial charge in [0.1, 0.15) is 5.60 Å². The molecule has 1 aromatic carbocycles. The van der Waals surface area contributed by atoms with Crippen LogP contribution in [0.25, 0.3) is 0 Å². The van der Waals surface area contributed by atoms with Gasteiger partial charge in [-0.25, -0.2) is 4.79 Å². The van der Waals surface area contributed by atoms with Gasteiger partial charge >= 0.3 is 6.09 Å². The molecule has 1 aliphatic heterocycles. The lowest BCUT2D eigenvalue weighted by Crippen LogP contribution is -2.54. The van der Waals surface area contributed by atoms with Crippen molar-refractivity contribution < 1.29 is 9.53 Å². The highest BCUT2D eigenvalue weighted by atomic mass is 16.6. The van der Waals surface area contributed by atoms with E-state index < -0.39 is 5.60 Å². The molecule has 2 rings (SSSR count). The summed E-state index contributed by atoms with van der Waals surface area (Å²) in [4.78, 5) is 14.2. The van der Waals surface area contributed by atoms with Crippen molar-refractivity contribution >= 4 is 6.09 Å². The summed E-state index contributed by atoms with van der Waals surface area (Å²) in [6.07, 6.45) is 1.74. The number of amides is 1. The predicted molar refractivity (Wildman–Crippen MR) is 84.4 cm³/mol. The van der Waals surface area contributed by atoms with Crippen LogP contribution in [0.5, 0.6) is 0 Å². The van der Waals surface area contributed by atoms with Gasteiger partial charge in [0.25, 0.3) is 0 Å². The molecule has 4 heteroatoms. The lowest BCUT2D eigenvalue weighted by atomic mass is 10.0. The predicted octanol–water partition coefficient (Wildman–Crippen LogP) is 2.83. The number of aryl methyl sites for hydroxylation is 1. The molecular formula is C17H26N2O2. The first-order valence-electron chi connectivity index (χ1n) is 7.70. The molecule has 21 heavy (non-hydrogen) atoms. The number of rotatable bonds is 3. The number of nitrogens with zero attached hydrogens (tertiary/aromatic N) is 1. The molecule has 1 N–H and O–H groups in total. The van der Waals surface area contributed by atoms with Gasteiger partial charge in [0.15, 0.2) is 0 Å². The second kappa shape index (κ2) is 6.94. The molecule has 0 aliphatic carbocycles. The van der Waals surface area contributed by atoms with Gasteiger partial charge in [0, 0.05) is 25.7 Å². The normalized spacial score (nSPS) is 19.4. The quantitative estimate of drug-likeness (QED) is 0.930. The molecule has 1 aromatic rings. The zero-order valence-electron chi connectivity index (χ0n) is 13.3. The largest absolute Gasteiger partial charge is 0.444 e. The summed E-state index contributed by atoms with van der Waals surface area (Å²) in [6.45, 7) is 8.12. The Kier molecular flexibility index (Phi) is 5.23. The third-order valence-corrected chi connectivity index (χ3v) is 3.59. The van der Waals surface area contributed by atoms with E-state index in [4.69, 9.17) is 4.74 Å². The Balaban J connectivity index is 1.94. The summed E-state index contributed by atoms with van der Waals surface area (Å²) >= 11 is 0. The van der Waals surface area contributed by atoms with Gasteiger partial charge in [0.05, 0.1) is 0 Å². The third kappa shape index (κ3) is 5.05. The van der Waals surface area contributed by atoms with Crippen molar-refractivity contribution in [1.82, 2.24) is 10.2 Å². The summed E-state index contributed by atoms with van der Waals surface area (Å²) < 4.78 is 5.52. The molecule has 0 bridgehead atoms. The van der Waals surface area contributed by atoms with Crippen molar-refractivity contribution in [1.29, 1.82) is 0 Å². The highest BCUT2D eigenvalue weighted by Crippen LogP contribution is 2.16. The Hall–Kier alpha value is -1.55. The molecule has 1 saturated heterocycles. The third-order valence-electron chi connectivity index (χ3n) is 3.59. The zero-order valence-corrected chi connectivity index (χ0v) is 13.3. The molecule has 116 valence electrons. The molecule has 1 fully saturated rings. The van der Waals surface area contributed by atoms with E-state index in [1.54, 1.807) is 0 Å². The highest BCUT2D eigenvalue weighted by molar-refractivity contribution is 5.68. The molecule has 0 radical (unpaired) electrons. The topological polar surface area (TPSA) is 41.6 Å². The van der Waals surface area contributed by atoms with E-state index in [0.717, 1.165) is 25.9 Å². The van der Waals surface area contributed by atoms with Crippen LogP contribution in [0.4, 0.5) is 4.79 Å². The Morgan fingerprint density at radius 3 is 2.71 bits per heavy atom. The van der Waals surface area contributed by atoms with Gasteiger partial charge in [-0.15, -0.1) is 0 Å². The van der Waals surface area contributed by atoms with Crippen molar-refractivity contribution in [2.75, 3.05) is 19.6 Å². The van der Waals surface area contributed by atoms with Gasteiger partial charge < -0.3 is 15.0 Å². The zero-order chi connectivity index (χ0) is 15.3. The summed E-state index contributed by atoms with van der Waals surface area (Å²) in [7, 11) is 0. The van der Waals surface area contributed by atoms with Crippen LogP contribution in [-0.2, 0) is 11.2 Å². The fraction of sp³-hybridized carbons (Fsp3) is 0.588. The second-order valence-corrected chi connectivity index (χ2v) is 6.56. The molecule has 1 atom stereocenters. The van der Waals surface area contributed by atoms with Gasteiger partial charge in [0.2, 0.25) is 0 Å². The maximum atomic E-state index is 12.3. The number of carbonyl (C=O) groups is 1. The van der Waals surface area contributed by atoms with Crippen LogP contribution >= 0.6 is 0 Å². The average molecular weight is 290 g/mol. The SMILES string of the molecule is CC(C)(C)OC(=O)N1CCNC[C@@H]1CCc1ccccc1. The van der Waals surface area contributed by atoms with Crippen LogP contribution in [0.1, 0.15) is 32.8 Å². The molecule has 4 nitrogen and oxygen atoms in total. The summed E-state index contributed by atoms with van der Waals surface area (Å²) in [5.74, 6) is 0. The first-order chi connectivity index (χ1) is 9.96. The first kappa shape index (κ1) is 15.8. The van der Waals surface area contributed by atoms with Crippen LogP contribution in [0.2, 0.25) is 0 Å². The lowest BCUT2D eigenvalue weighted by Gasteiger charge is -2.37. The fourth-order valence-corrected chi connectivity index (χ4v) is 2.56. The van der Waals surface area contributed by atoms with Crippen LogP contribution in [0, 0.1) is 0 Å². The van der Waals surface area contributed by atoms with Crippen molar-refractivity contribution in [3.05, 3.63) is 35.9 Å². The number of nitrogens with one attached hydrogen (secondary N) is 1. The van der Waals surface area contributed by atoms with Crippen LogP contribution in [-0.4, -0.2) is 42.3 Å². The number of ether oxygens (including phenoxy) is 1. The van der Waals surface area contributed by atoms with Crippen LogP contribution < -0.4 is 5.32 Å². The molecule has 0 unspecified atom stereocenters. The maximum absolute atomic E-state index is 12.3. The lowest BCUT2D eigenvalue weighted by molar-refractivity contribution is 0.0112. The second-order valence-electron chi connectivity index (χ2n) is 6.56. The van der Waals surface area contributed by atoms with Crippen LogP contribution in [0.3, 0.4) is 0 Å². The highest BCUT2D eigenvalue weighted by Gasteiger charge is 2.29. The Morgan fingerprint density at radius 2 is 2.05 bits per heavy atom. The smallest absolute Gasteiger partial charge is 0.410 e. The minimum atomic E-state index is -0.439. The van der Waals surface area contributed by atoms with Crippen molar-refractivity contribution in [3.63, 3.8) is 0 Å². The maximum Gasteiger partial charge on any atom is 0.410 e. The molecule has 1 heterocycles. The summed E-state index contributed by atoms with van der Waals surface area (Å²) in [5, 5.41) is 3.37. The Labute approximate surface area is 127 Å². The molecule has 0 spiro atoms.